The lowest BCUT2D eigenvalue weighted by molar-refractivity contribution is -0.0817. The van der Waals surface area contributed by atoms with Crippen LogP contribution in [-0.2, 0) is 22.4 Å². The van der Waals surface area contributed by atoms with Gasteiger partial charge in [0.25, 0.3) is 0 Å². The van der Waals surface area contributed by atoms with E-state index >= 15 is 0 Å². The number of aliphatic imine (C=N–C) groups is 1. The zero-order chi connectivity index (χ0) is 19.2. The lowest BCUT2D eigenvalue weighted by atomic mass is 10.00. The summed E-state index contributed by atoms with van der Waals surface area (Å²) in [4.78, 5) is 9.81. The predicted octanol–water partition coefficient (Wildman–Crippen LogP) is 1.89. The third-order valence-electron chi connectivity index (χ3n) is 5.99. The van der Waals surface area contributed by atoms with E-state index < -0.39 is 0 Å². The number of fused-ring (bicyclic) bond motifs is 1. The number of benzene rings is 1. The van der Waals surface area contributed by atoms with Crippen molar-refractivity contribution in [1.82, 2.24) is 15.1 Å². The van der Waals surface area contributed by atoms with Crippen LogP contribution < -0.4 is 5.32 Å². The molecule has 0 spiro atoms. The average molecular weight is 387 g/mol. The highest BCUT2D eigenvalue weighted by Gasteiger charge is 2.32. The van der Waals surface area contributed by atoms with Crippen LogP contribution in [0, 0.1) is 0 Å². The van der Waals surface area contributed by atoms with Gasteiger partial charge in [-0.15, -0.1) is 0 Å². The molecule has 0 aromatic heterocycles. The third-order valence-corrected chi connectivity index (χ3v) is 5.99. The number of guanidine groups is 1. The Morgan fingerprint density at radius 2 is 2.00 bits per heavy atom. The summed E-state index contributed by atoms with van der Waals surface area (Å²) >= 11 is 0. The number of nitrogens with zero attached hydrogens (tertiary/aromatic N) is 3. The maximum Gasteiger partial charge on any atom is 0.194 e. The van der Waals surface area contributed by atoms with Gasteiger partial charge in [-0.2, -0.15) is 0 Å². The summed E-state index contributed by atoms with van der Waals surface area (Å²) in [5.41, 5.74) is 2.97. The molecule has 2 saturated heterocycles. The molecule has 0 bridgehead atoms. The predicted molar refractivity (Wildman–Crippen MR) is 112 cm³/mol. The van der Waals surface area contributed by atoms with E-state index in [1.807, 2.05) is 0 Å². The molecule has 2 fully saturated rings. The van der Waals surface area contributed by atoms with Gasteiger partial charge in [0.1, 0.15) is 6.10 Å². The maximum absolute atomic E-state index is 6.00. The van der Waals surface area contributed by atoms with Crippen LogP contribution in [-0.4, -0.2) is 80.4 Å². The van der Waals surface area contributed by atoms with Crippen molar-refractivity contribution in [3.63, 3.8) is 0 Å². The van der Waals surface area contributed by atoms with Crippen molar-refractivity contribution in [3.8, 4) is 0 Å². The summed E-state index contributed by atoms with van der Waals surface area (Å²) in [7, 11) is 0. The quantitative estimate of drug-likeness (QED) is 0.619. The van der Waals surface area contributed by atoms with Crippen molar-refractivity contribution in [3.05, 3.63) is 35.4 Å². The first-order valence-electron chi connectivity index (χ1n) is 10.9. The fourth-order valence-electron chi connectivity index (χ4n) is 4.46. The highest BCUT2D eigenvalue weighted by Crippen LogP contribution is 2.21. The van der Waals surface area contributed by atoms with Gasteiger partial charge in [0, 0.05) is 45.9 Å². The molecular formula is C22H34N4O2. The summed E-state index contributed by atoms with van der Waals surface area (Å²) in [6.45, 7) is 10.4. The summed E-state index contributed by atoms with van der Waals surface area (Å²) in [5, 5.41) is 3.48. The first-order valence-corrected chi connectivity index (χ1v) is 10.9. The summed E-state index contributed by atoms with van der Waals surface area (Å²) in [6, 6.07) is 8.81. The zero-order valence-electron chi connectivity index (χ0n) is 17.1. The van der Waals surface area contributed by atoms with Gasteiger partial charge < -0.3 is 19.7 Å². The molecule has 3 heterocycles. The van der Waals surface area contributed by atoms with Crippen LogP contribution in [0.15, 0.2) is 29.3 Å². The minimum Gasteiger partial charge on any atom is -0.375 e. The first-order chi connectivity index (χ1) is 13.8. The van der Waals surface area contributed by atoms with Gasteiger partial charge >= 0.3 is 0 Å². The molecular weight excluding hydrogens is 352 g/mol. The lowest BCUT2D eigenvalue weighted by Gasteiger charge is -2.37. The van der Waals surface area contributed by atoms with E-state index in [0.29, 0.717) is 0 Å². The van der Waals surface area contributed by atoms with Crippen LogP contribution in [0.25, 0.3) is 0 Å². The van der Waals surface area contributed by atoms with Crippen LogP contribution in [0.3, 0.4) is 0 Å². The van der Waals surface area contributed by atoms with Crippen molar-refractivity contribution in [1.29, 1.82) is 0 Å². The molecule has 1 aromatic carbocycles. The van der Waals surface area contributed by atoms with Crippen molar-refractivity contribution in [2.75, 3.05) is 52.5 Å². The van der Waals surface area contributed by atoms with Gasteiger partial charge in [-0.3, -0.25) is 9.89 Å². The molecule has 154 valence electrons. The molecule has 2 atom stereocenters. The molecule has 0 amide bonds. The first kappa shape index (κ1) is 19.7. The van der Waals surface area contributed by atoms with Crippen LogP contribution in [0.2, 0.25) is 0 Å². The van der Waals surface area contributed by atoms with Crippen LogP contribution in [0.1, 0.15) is 30.9 Å². The molecule has 1 aromatic rings. The van der Waals surface area contributed by atoms with Gasteiger partial charge in [0.05, 0.1) is 19.3 Å². The van der Waals surface area contributed by atoms with E-state index in [0.717, 1.165) is 84.2 Å². The molecule has 3 aliphatic rings. The molecule has 2 unspecified atom stereocenters. The number of hydrogen-bond acceptors (Lipinski definition) is 4. The van der Waals surface area contributed by atoms with Gasteiger partial charge in [-0.1, -0.05) is 24.3 Å². The smallest absolute Gasteiger partial charge is 0.194 e. The number of nitrogens with one attached hydrogen (secondary N) is 1. The van der Waals surface area contributed by atoms with E-state index in [-0.39, 0.29) is 12.2 Å². The fraction of sp³-hybridized carbons (Fsp3) is 0.682. The molecule has 28 heavy (non-hydrogen) atoms. The molecule has 0 aliphatic carbocycles. The second kappa shape index (κ2) is 9.72. The summed E-state index contributed by atoms with van der Waals surface area (Å²) in [6.07, 6.45) is 3.82. The Bertz CT molecular complexity index is 660. The normalized spacial score (nSPS) is 26.3. The van der Waals surface area contributed by atoms with E-state index in [4.69, 9.17) is 14.5 Å². The van der Waals surface area contributed by atoms with Gasteiger partial charge in [-0.05, 0) is 37.3 Å². The van der Waals surface area contributed by atoms with E-state index in [9.17, 15) is 0 Å². The Morgan fingerprint density at radius 3 is 2.82 bits per heavy atom. The molecule has 6 nitrogen and oxygen atoms in total. The Balaban J connectivity index is 1.31. The van der Waals surface area contributed by atoms with Crippen LogP contribution in [0.5, 0.6) is 0 Å². The van der Waals surface area contributed by atoms with Gasteiger partial charge in [0.2, 0.25) is 0 Å². The number of ether oxygens (including phenoxy) is 2. The minimum atomic E-state index is 0.165. The molecule has 3 aliphatic heterocycles. The highest BCUT2D eigenvalue weighted by atomic mass is 16.5. The standard InChI is InChI=1S/C22H34N4O2/c1-2-23-22(26-13-15-28-21(17-26)20-8-5-14-27-20)24-10-12-25-11-9-18-6-3-4-7-19(18)16-25/h3-4,6-7,20-21H,2,5,8-17H2,1H3,(H,23,24). The largest absolute Gasteiger partial charge is 0.375 e. The molecule has 1 N–H and O–H groups in total. The lowest BCUT2D eigenvalue weighted by Crippen LogP contribution is -2.53. The van der Waals surface area contributed by atoms with Crippen LogP contribution >= 0.6 is 0 Å². The Labute approximate surface area is 168 Å². The number of hydrogen-bond donors (Lipinski definition) is 1. The molecule has 4 rings (SSSR count). The third kappa shape index (κ3) is 4.85. The maximum atomic E-state index is 6.00. The van der Waals surface area contributed by atoms with E-state index in [1.54, 1.807) is 0 Å². The van der Waals surface area contributed by atoms with E-state index in [2.05, 4.69) is 46.3 Å². The van der Waals surface area contributed by atoms with Crippen molar-refractivity contribution >= 4 is 5.96 Å². The average Bonchev–Trinajstić information content (AvgIpc) is 3.28. The van der Waals surface area contributed by atoms with Crippen molar-refractivity contribution in [2.24, 2.45) is 4.99 Å². The Morgan fingerprint density at radius 1 is 1.14 bits per heavy atom. The minimum absolute atomic E-state index is 0.165. The molecule has 0 saturated carbocycles. The Kier molecular flexibility index (Phi) is 6.83. The van der Waals surface area contributed by atoms with Crippen LogP contribution in [0.4, 0.5) is 0 Å². The topological polar surface area (TPSA) is 49.3 Å². The number of rotatable bonds is 5. The van der Waals surface area contributed by atoms with E-state index in [1.165, 1.54) is 11.1 Å². The second-order valence-electron chi connectivity index (χ2n) is 7.94. The SMILES string of the molecule is CCNC(=NCCN1CCc2ccccc2C1)N1CCOC(C2CCCO2)C1. The molecule has 6 heteroatoms. The van der Waals surface area contributed by atoms with Gasteiger partial charge in [0.15, 0.2) is 5.96 Å². The number of morpholine rings is 1. The van der Waals surface area contributed by atoms with Crippen molar-refractivity contribution < 1.29 is 9.47 Å². The monoisotopic (exact) mass is 386 g/mol. The zero-order valence-corrected chi connectivity index (χ0v) is 17.1. The second-order valence-corrected chi connectivity index (χ2v) is 7.94. The molecule has 0 radical (unpaired) electrons. The Hall–Kier alpha value is -1.63. The van der Waals surface area contributed by atoms with Gasteiger partial charge in [-0.25, -0.2) is 0 Å². The van der Waals surface area contributed by atoms with Crippen molar-refractivity contribution in [2.45, 2.75) is 44.9 Å². The fourth-order valence-corrected chi connectivity index (χ4v) is 4.46. The summed E-state index contributed by atoms with van der Waals surface area (Å²) in [5.74, 6) is 1.02. The summed E-state index contributed by atoms with van der Waals surface area (Å²) < 4.78 is 11.8. The highest BCUT2D eigenvalue weighted by molar-refractivity contribution is 5.80.